The van der Waals surface area contributed by atoms with E-state index in [0.29, 0.717) is 37.7 Å². The molecule has 0 amide bonds. The molecule has 0 aromatic heterocycles. The van der Waals surface area contributed by atoms with Crippen molar-refractivity contribution in [3.8, 4) is 6.07 Å². The van der Waals surface area contributed by atoms with Gasteiger partial charge in [-0.05, 0) is 38.5 Å². The van der Waals surface area contributed by atoms with Gasteiger partial charge in [-0.3, -0.25) is 0 Å². The van der Waals surface area contributed by atoms with Crippen LogP contribution in [0.3, 0.4) is 0 Å². The molecule has 130 valence electrons. The van der Waals surface area contributed by atoms with Crippen molar-refractivity contribution in [2.45, 2.75) is 32.1 Å². The van der Waals surface area contributed by atoms with Crippen molar-refractivity contribution in [1.82, 2.24) is 10.2 Å². The normalized spacial score (nSPS) is 19.6. The molecule has 1 saturated heterocycles. The largest absolute Gasteiger partial charge is 0.357 e. The van der Waals surface area contributed by atoms with Crippen molar-refractivity contribution in [1.29, 1.82) is 5.26 Å². The van der Waals surface area contributed by atoms with Gasteiger partial charge in [0, 0.05) is 19.6 Å². The zero-order valence-corrected chi connectivity index (χ0v) is 15.2. The molecule has 1 aliphatic heterocycles. The third-order valence-electron chi connectivity index (χ3n) is 4.15. The Morgan fingerprint density at radius 3 is 2.83 bits per heavy atom. The van der Waals surface area contributed by atoms with E-state index in [1.807, 2.05) is 30.0 Å². The Bertz CT molecular complexity index is 763. The van der Waals surface area contributed by atoms with Gasteiger partial charge in [-0.15, -0.1) is 0 Å². The summed E-state index contributed by atoms with van der Waals surface area (Å²) in [5.74, 6) is 0.844. The molecule has 0 spiro atoms. The number of hydrogen-bond donors (Lipinski definition) is 1. The van der Waals surface area contributed by atoms with Crippen molar-refractivity contribution in [2.75, 3.05) is 25.4 Å². The minimum atomic E-state index is -3.08. The maximum absolute atomic E-state index is 12.2. The molecule has 1 N–H and O–H groups in total. The Morgan fingerprint density at radius 1 is 1.46 bits per heavy atom. The number of hydrogen-bond acceptors (Lipinski definition) is 4. The third-order valence-corrected chi connectivity index (χ3v) is 6.68. The molecule has 0 saturated carbocycles. The number of nitriles is 1. The summed E-state index contributed by atoms with van der Waals surface area (Å²) >= 11 is 0. The first kappa shape index (κ1) is 18.3. The van der Waals surface area contributed by atoms with Gasteiger partial charge in [0.1, 0.15) is 0 Å². The highest BCUT2D eigenvalue weighted by atomic mass is 32.2. The van der Waals surface area contributed by atoms with E-state index in [1.54, 1.807) is 19.9 Å². The second-order valence-corrected chi connectivity index (χ2v) is 9.23. The smallest absolute Gasteiger partial charge is 0.194 e. The van der Waals surface area contributed by atoms with Gasteiger partial charge in [-0.1, -0.05) is 12.1 Å². The molecule has 6 nitrogen and oxygen atoms in total. The number of guanidine groups is 1. The standard InChI is InChI=1S/C17H24N4O2S/c1-4-19-16(20-12-15-7-5-6-14(10-15)11-18)21-8-9-24(22,23)17(2,3)13-21/h5-7,10H,4,8-9,12-13H2,1-3H3,(H,19,20). The highest BCUT2D eigenvalue weighted by Gasteiger charge is 2.40. The number of nitrogens with one attached hydrogen (secondary N) is 1. The lowest BCUT2D eigenvalue weighted by Gasteiger charge is -2.39. The molecule has 0 unspecified atom stereocenters. The van der Waals surface area contributed by atoms with Crippen molar-refractivity contribution in [3.63, 3.8) is 0 Å². The number of benzene rings is 1. The van der Waals surface area contributed by atoms with Crippen LogP contribution >= 0.6 is 0 Å². The Labute approximate surface area is 144 Å². The van der Waals surface area contributed by atoms with E-state index >= 15 is 0 Å². The topological polar surface area (TPSA) is 85.6 Å². The lowest BCUT2D eigenvalue weighted by Crippen LogP contribution is -2.57. The quantitative estimate of drug-likeness (QED) is 0.661. The van der Waals surface area contributed by atoms with Gasteiger partial charge in [-0.25, -0.2) is 13.4 Å². The lowest BCUT2D eigenvalue weighted by atomic mass is 10.1. The van der Waals surface area contributed by atoms with Gasteiger partial charge in [0.15, 0.2) is 15.8 Å². The van der Waals surface area contributed by atoms with Crippen LogP contribution in [0.25, 0.3) is 0 Å². The molecule has 0 radical (unpaired) electrons. The van der Waals surface area contributed by atoms with Crippen molar-refractivity contribution < 1.29 is 8.42 Å². The summed E-state index contributed by atoms with van der Waals surface area (Å²) < 4.78 is 23.5. The molecule has 1 aromatic carbocycles. The predicted molar refractivity (Wildman–Crippen MR) is 95.4 cm³/mol. The van der Waals surface area contributed by atoms with E-state index in [-0.39, 0.29) is 5.75 Å². The minimum absolute atomic E-state index is 0.133. The van der Waals surface area contributed by atoms with Crippen LogP contribution in [0.4, 0.5) is 0 Å². The van der Waals surface area contributed by atoms with Crippen LogP contribution in [0.1, 0.15) is 31.9 Å². The molecular formula is C17H24N4O2S. The van der Waals surface area contributed by atoms with E-state index in [4.69, 9.17) is 5.26 Å². The fourth-order valence-electron chi connectivity index (χ4n) is 2.66. The maximum Gasteiger partial charge on any atom is 0.194 e. The molecule has 1 aromatic rings. The predicted octanol–water partition coefficient (Wildman–Crippen LogP) is 1.53. The monoisotopic (exact) mass is 348 g/mol. The van der Waals surface area contributed by atoms with E-state index in [0.717, 1.165) is 5.56 Å². The number of rotatable bonds is 3. The molecule has 1 fully saturated rings. The molecule has 0 atom stereocenters. The lowest BCUT2D eigenvalue weighted by molar-refractivity contribution is 0.353. The van der Waals surface area contributed by atoms with Gasteiger partial charge < -0.3 is 10.2 Å². The van der Waals surface area contributed by atoms with Gasteiger partial charge >= 0.3 is 0 Å². The van der Waals surface area contributed by atoms with Crippen LogP contribution < -0.4 is 5.32 Å². The molecule has 2 rings (SSSR count). The first-order chi connectivity index (χ1) is 11.3. The van der Waals surface area contributed by atoms with E-state index < -0.39 is 14.6 Å². The van der Waals surface area contributed by atoms with E-state index in [9.17, 15) is 8.42 Å². The van der Waals surface area contributed by atoms with Gasteiger partial charge in [-0.2, -0.15) is 5.26 Å². The van der Waals surface area contributed by atoms with E-state index in [1.165, 1.54) is 0 Å². The van der Waals surface area contributed by atoms with Crippen LogP contribution in [-0.4, -0.2) is 49.4 Å². The third kappa shape index (κ3) is 4.06. The molecular weight excluding hydrogens is 324 g/mol. The van der Waals surface area contributed by atoms with E-state index in [2.05, 4.69) is 16.4 Å². The van der Waals surface area contributed by atoms with Crippen LogP contribution in [0.15, 0.2) is 29.3 Å². The Morgan fingerprint density at radius 2 is 2.21 bits per heavy atom. The average molecular weight is 348 g/mol. The van der Waals surface area contributed by atoms with Crippen LogP contribution in [0.2, 0.25) is 0 Å². The van der Waals surface area contributed by atoms with Crippen LogP contribution in [-0.2, 0) is 16.4 Å². The zero-order chi connectivity index (χ0) is 17.8. The maximum atomic E-state index is 12.2. The summed E-state index contributed by atoms with van der Waals surface area (Å²) in [7, 11) is -3.08. The Hall–Kier alpha value is -2.07. The van der Waals surface area contributed by atoms with Gasteiger partial charge in [0.2, 0.25) is 0 Å². The zero-order valence-electron chi connectivity index (χ0n) is 14.4. The summed E-state index contributed by atoms with van der Waals surface area (Å²) in [6, 6.07) is 9.47. The molecule has 24 heavy (non-hydrogen) atoms. The minimum Gasteiger partial charge on any atom is -0.357 e. The molecule has 0 bridgehead atoms. The highest BCUT2D eigenvalue weighted by Crippen LogP contribution is 2.23. The molecule has 0 aliphatic carbocycles. The Kier molecular flexibility index (Phi) is 5.50. The first-order valence-corrected chi connectivity index (χ1v) is 9.69. The first-order valence-electron chi connectivity index (χ1n) is 8.03. The fraction of sp³-hybridized carbons (Fsp3) is 0.529. The van der Waals surface area contributed by atoms with Crippen LogP contribution in [0.5, 0.6) is 0 Å². The molecule has 1 aliphatic rings. The van der Waals surface area contributed by atoms with Crippen LogP contribution in [0, 0.1) is 11.3 Å². The summed E-state index contributed by atoms with van der Waals surface area (Å²) in [5, 5.41) is 12.2. The number of aliphatic imine (C=N–C) groups is 1. The highest BCUT2D eigenvalue weighted by molar-refractivity contribution is 7.92. The van der Waals surface area contributed by atoms with Gasteiger partial charge in [0.25, 0.3) is 0 Å². The summed E-state index contributed by atoms with van der Waals surface area (Å²) in [6.07, 6.45) is 0. The molecule has 1 heterocycles. The van der Waals surface area contributed by atoms with Crippen molar-refractivity contribution >= 4 is 15.8 Å². The number of sulfone groups is 1. The number of nitrogens with zero attached hydrogens (tertiary/aromatic N) is 3. The van der Waals surface area contributed by atoms with Crippen molar-refractivity contribution in [2.24, 2.45) is 4.99 Å². The second kappa shape index (κ2) is 7.22. The summed E-state index contributed by atoms with van der Waals surface area (Å²) in [5.41, 5.74) is 1.56. The summed E-state index contributed by atoms with van der Waals surface area (Å²) in [4.78, 5) is 6.62. The SMILES string of the molecule is CCNC(=NCc1cccc(C#N)c1)N1CCS(=O)(=O)C(C)(C)C1. The molecule has 7 heteroatoms. The fourth-order valence-corrected chi connectivity index (χ4v) is 4.02. The average Bonchev–Trinajstić information content (AvgIpc) is 2.54. The Balaban J connectivity index is 2.18. The van der Waals surface area contributed by atoms with Gasteiger partial charge in [0.05, 0.1) is 28.7 Å². The second-order valence-electron chi connectivity index (χ2n) is 6.48. The summed E-state index contributed by atoms with van der Waals surface area (Å²) in [6.45, 7) is 7.51. The van der Waals surface area contributed by atoms with Crippen molar-refractivity contribution in [3.05, 3.63) is 35.4 Å².